The molecule has 0 fully saturated rings. The zero-order chi connectivity index (χ0) is 15.1. The molecule has 22 heavy (non-hydrogen) atoms. The summed E-state index contributed by atoms with van der Waals surface area (Å²) in [6.45, 7) is 2.70. The number of rotatable bonds is 3. The minimum atomic E-state index is 0.611. The topological polar surface area (TPSA) is 56.7 Å². The summed E-state index contributed by atoms with van der Waals surface area (Å²) in [4.78, 5) is 13.4. The van der Waals surface area contributed by atoms with Gasteiger partial charge in [0.05, 0.1) is 12.7 Å². The molecule has 110 valence electrons. The van der Waals surface area contributed by atoms with E-state index >= 15 is 0 Å². The Morgan fingerprint density at radius 3 is 3.00 bits per heavy atom. The average molecular weight is 357 g/mol. The van der Waals surface area contributed by atoms with E-state index in [4.69, 9.17) is 4.42 Å². The maximum absolute atomic E-state index is 5.78. The van der Waals surface area contributed by atoms with Gasteiger partial charge < -0.3 is 8.98 Å². The largest absolute Gasteiger partial charge is 0.453 e. The van der Waals surface area contributed by atoms with Gasteiger partial charge in [0.2, 0.25) is 0 Å². The molecule has 0 radical (unpaired) electrons. The van der Waals surface area contributed by atoms with Crippen LogP contribution >= 0.6 is 15.9 Å². The normalized spacial score (nSPS) is 11.5. The van der Waals surface area contributed by atoms with Crippen LogP contribution in [0.15, 0.2) is 45.7 Å². The lowest BCUT2D eigenvalue weighted by molar-refractivity contribution is 0.659. The first-order valence-corrected chi connectivity index (χ1v) is 7.87. The van der Waals surface area contributed by atoms with Crippen LogP contribution in [0.2, 0.25) is 0 Å². The molecule has 3 heterocycles. The first-order valence-electron chi connectivity index (χ1n) is 7.08. The molecule has 0 atom stereocenters. The second-order valence-corrected chi connectivity index (χ2v) is 5.98. The fraction of sp³-hybridized carbons (Fsp3) is 0.188. The summed E-state index contributed by atoms with van der Waals surface area (Å²) >= 11 is 3.49. The van der Waals surface area contributed by atoms with Crippen LogP contribution in [0.1, 0.15) is 18.6 Å². The second kappa shape index (κ2) is 5.21. The van der Waals surface area contributed by atoms with Gasteiger partial charge in [0.15, 0.2) is 5.58 Å². The molecular weight excluding hydrogens is 344 g/mol. The van der Waals surface area contributed by atoms with E-state index in [-0.39, 0.29) is 0 Å². The Morgan fingerprint density at radius 1 is 1.23 bits per heavy atom. The highest BCUT2D eigenvalue weighted by Crippen LogP contribution is 2.29. The average Bonchev–Trinajstić information content (AvgIpc) is 3.11. The van der Waals surface area contributed by atoms with Crippen molar-refractivity contribution in [3.8, 4) is 0 Å². The van der Waals surface area contributed by atoms with Crippen LogP contribution in [0.4, 0.5) is 0 Å². The summed E-state index contributed by atoms with van der Waals surface area (Å²) in [5, 5.41) is 0.995. The molecule has 6 heteroatoms. The highest BCUT2D eigenvalue weighted by Gasteiger charge is 2.11. The van der Waals surface area contributed by atoms with Crippen molar-refractivity contribution in [2.45, 2.75) is 19.9 Å². The molecule has 0 bridgehead atoms. The molecule has 0 amide bonds. The van der Waals surface area contributed by atoms with Crippen LogP contribution in [-0.2, 0) is 13.0 Å². The van der Waals surface area contributed by atoms with Crippen molar-refractivity contribution < 1.29 is 4.42 Å². The number of nitrogens with zero attached hydrogens (tertiary/aromatic N) is 4. The minimum Gasteiger partial charge on any atom is -0.453 e. The standard InChI is InChI=1S/C16H13BrN4O/c1-2-15-18-5-6-21(15)9-14-19-8-13-16(20-14)11-7-10(17)3-4-12(11)22-13/h3-8H,2,9H2,1H3. The SMILES string of the molecule is CCc1nccn1Cc1ncc2oc3ccc(Br)cc3c2n1. The Balaban J connectivity index is 1.82. The van der Waals surface area contributed by atoms with E-state index < -0.39 is 0 Å². The van der Waals surface area contributed by atoms with E-state index in [0.717, 1.165) is 39.0 Å². The molecule has 0 spiro atoms. The van der Waals surface area contributed by atoms with Gasteiger partial charge >= 0.3 is 0 Å². The van der Waals surface area contributed by atoms with Crippen molar-refractivity contribution in [3.05, 3.63) is 52.9 Å². The van der Waals surface area contributed by atoms with E-state index in [1.807, 2.05) is 30.6 Å². The van der Waals surface area contributed by atoms with E-state index in [1.165, 1.54) is 0 Å². The van der Waals surface area contributed by atoms with Gasteiger partial charge in [0, 0.05) is 28.7 Å². The first kappa shape index (κ1) is 13.5. The number of aromatic nitrogens is 4. The number of halogens is 1. The molecule has 0 aliphatic rings. The molecule has 3 aromatic heterocycles. The van der Waals surface area contributed by atoms with Gasteiger partial charge in [0.25, 0.3) is 0 Å². The van der Waals surface area contributed by atoms with Gasteiger partial charge in [-0.15, -0.1) is 0 Å². The lowest BCUT2D eigenvalue weighted by atomic mass is 10.2. The third kappa shape index (κ3) is 2.20. The maximum atomic E-state index is 5.78. The Bertz CT molecular complexity index is 973. The number of aryl methyl sites for hydroxylation is 1. The molecular formula is C16H13BrN4O. The number of benzene rings is 1. The van der Waals surface area contributed by atoms with Crippen LogP contribution in [0.3, 0.4) is 0 Å². The van der Waals surface area contributed by atoms with E-state index in [1.54, 1.807) is 6.20 Å². The predicted molar refractivity (Wildman–Crippen MR) is 87.7 cm³/mol. The number of hydrogen-bond donors (Lipinski definition) is 0. The number of fused-ring (bicyclic) bond motifs is 3. The zero-order valence-corrected chi connectivity index (χ0v) is 13.5. The summed E-state index contributed by atoms with van der Waals surface area (Å²) in [5.74, 6) is 1.78. The van der Waals surface area contributed by atoms with Crippen LogP contribution in [-0.4, -0.2) is 19.5 Å². The molecule has 0 saturated carbocycles. The quantitative estimate of drug-likeness (QED) is 0.557. The van der Waals surface area contributed by atoms with Crippen LogP contribution in [0, 0.1) is 0 Å². The molecule has 0 aliphatic carbocycles. The molecule has 1 aromatic carbocycles. The van der Waals surface area contributed by atoms with Crippen molar-refractivity contribution in [2.75, 3.05) is 0 Å². The molecule has 5 nitrogen and oxygen atoms in total. The summed E-state index contributed by atoms with van der Waals surface area (Å²) < 4.78 is 8.85. The lowest BCUT2D eigenvalue weighted by Gasteiger charge is -2.04. The Kier molecular flexibility index (Phi) is 3.18. The molecule has 0 saturated heterocycles. The van der Waals surface area contributed by atoms with Gasteiger partial charge in [-0.1, -0.05) is 22.9 Å². The Labute approximate surface area is 135 Å². The predicted octanol–water partition coefficient (Wildman–Crippen LogP) is 3.95. The van der Waals surface area contributed by atoms with Crippen molar-refractivity contribution >= 4 is 38.0 Å². The van der Waals surface area contributed by atoms with E-state index in [9.17, 15) is 0 Å². The molecule has 0 unspecified atom stereocenters. The summed E-state index contributed by atoms with van der Waals surface area (Å²) in [6.07, 6.45) is 6.39. The van der Waals surface area contributed by atoms with Gasteiger partial charge in [-0.05, 0) is 18.2 Å². The van der Waals surface area contributed by atoms with Crippen LogP contribution < -0.4 is 0 Å². The maximum Gasteiger partial charge on any atom is 0.172 e. The third-order valence-electron chi connectivity index (χ3n) is 3.65. The van der Waals surface area contributed by atoms with E-state index in [0.29, 0.717) is 12.1 Å². The molecule has 4 rings (SSSR count). The lowest BCUT2D eigenvalue weighted by Crippen LogP contribution is -2.06. The number of imidazole rings is 1. The van der Waals surface area contributed by atoms with Crippen LogP contribution in [0.5, 0.6) is 0 Å². The van der Waals surface area contributed by atoms with E-state index in [2.05, 4.69) is 42.4 Å². The minimum absolute atomic E-state index is 0.611. The van der Waals surface area contributed by atoms with Gasteiger partial charge in [0.1, 0.15) is 22.7 Å². The summed E-state index contributed by atoms with van der Waals surface area (Å²) in [5.41, 5.74) is 2.37. The second-order valence-electron chi connectivity index (χ2n) is 5.07. The smallest absolute Gasteiger partial charge is 0.172 e. The summed E-state index contributed by atoms with van der Waals surface area (Å²) in [6, 6.07) is 5.91. The Morgan fingerprint density at radius 2 is 2.14 bits per heavy atom. The fourth-order valence-corrected chi connectivity index (χ4v) is 2.96. The molecule has 0 aliphatic heterocycles. The first-order chi connectivity index (χ1) is 10.7. The van der Waals surface area contributed by atoms with Crippen molar-refractivity contribution in [1.82, 2.24) is 19.5 Å². The summed E-state index contributed by atoms with van der Waals surface area (Å²) in [7, 11) is 0. The van der Waals surface area contributed by atoms with Gasteiger partial charge in [-0.25, -0.2) is 15.0 Å². The highest BCUT2D eigenvalue weighted by molar-refractivity contribution is 9.10. The highest BCUT2D eigenvalue weighted by atomic mass is 79.9. The van der Waals surface area contributed by atoms with Crippen molar-refractivity contribution in [2.24, 2.45) is 0 Å². The monoisotopic (exact) mass is 356 g/mol. The third-order valence-corrected chi connectivity index (χ3v) is 4.14. The van der Waals surface area contributed by atoms with Crippen LogP contribution in [0.25, 0.3) is 22.1 Å². The fourth-order valence-electron chi connectivity index (χ4n) is 2.60. The number of hydrogen-bond acceptors (Lipinski definition) is 4. The number of furan rings is 1. The molecule has 0 N–H and O–H groups in total. The van der Waals surface area contributed by atoms with Crippen molar-refractivity contribution in [1.29, 1.82) is 0 Å². The molecule has 4 aromatic rings. The zero-order valence-electron chi connectivity index (χ0n) is 12.0. The van der Waals surface area contributed by atoms with Crippen molar-refractivity contribution in [3.63, 3.8) is 0 Å². The van der Waals surface area contributed by atoms with Gasteiger partial charge in [-0.2, -0.15) is 0 Å². The van der Waals surface area contributed by atoms with Gasteiger partial charge in [-0.3, -0.25) is 0 Å². The Hall–Kier alpha value is -2.21.